The molecule has 8 nitrogen and oxygen atoms in total. The van der Waals surface area contributed by atoms with Gasteiger partial charge in [0, 0.05) is 40.1 Å². The summed E-state index contributed by atoms with van der Waals surface area (Å²) >= 11 is 0. The maximum absolute atomic E-state index is 10.9. The van der Waals surface area contributed by atoms with Crippen molar-refractivity contribution in [2.45, 2.75) is 58.8 Å². The maximum atomic E-state index is 10.9. The number of nitrogens with zero attached hydrogens (tertiary/aromatic N) is 4. The van der Waals surface area contributed by atoms with Gasteiger partial charge in [-0.25, -0.2) is 0 Å². The van der Waals surface area contributed by atoms with Gasteiger partial charge < -0.3 is 20.6 Å². The number of aromatic hydroxyl groups is 2. The van der Waals surface area contributed by atoms with E-state index < -0.39 is 0 Å². The Morgan fingerprint density at radius 3 is 1.72 bits per heavy atom. The van der Waals surface area contributed by atoms with Gasteiger partial charge >= 0.3 is 0 Å². The van der Waals surface area contributed by atoms with Crippen molar-refractivity contribution in [2.24, 2.45) is 20.3 Å². The van der Waals surface area contributed by atoms with Crippen molar-refractivity contribution >= 4 is 47.0 Å². The van der Waals surface area contributed by atoms with Gasteiger partial charge in [0.05, 0.1) is 23.8 Å². The van der Waals surface area contributed by atoms with Crippen LogP contribution >= 0.6 is 0 Å². The van der Waals surface area contributed by atoms with E-state index in [1.165, 1.54) is 12.4 Å². The molecule has 0 aromatic heterocycles. The van der Waals surface area contributed by atoms with E-state index in [1.807, 2.05) is 60.7 Å². The fourth-order valence-electron chi connectivity index (χ4n) is 5.17. The third-order valence-corrected chi connectivity index (χ3v) is 7.47. The minimum absolute atomic E-state index is 0.0184. The van der Waals surface area contributed by atoms with Crippen LogP contribution in [0, 0.1) is 0 Å². The molecule has 222 valence electrons. The zero-order valence-electron chi connectivity index (χ0n) is 24.8. The van der Waals surface area contributed by atoms with Crippen molar-refractivity contribution in [1.29, 1.82) is 0 Å². The first-order chi connectivity index (χ1) is 20.9. The van der Waals surface area contributed by atoms with Gasteiger partial charge in [-0.15, -0.1) is 0 Å². The number of aliphatic imine (C=N–C) groups is 2. The quantitative estimate of drug-likeness (QED) is 0.0761. The van der Waals surface area contributed by atoms with Crippen molar-refractivity contribution in [3.63, 3.8) is 0 Å². The lowest BCUT2D eigenvalue weighted by molar-refractivity contribution is 0.321. The number of hydrogen-bond donors (Lipinski definition) is 4. The Morgan fingerprint density at radius 1 is 0.698 bits per heavy atom. The summed E-state index contributed by atoms with van der Waals surface area (Å²) in [7, 11) is 0. The van der Waals surface area contributed by atoms with E-state index in [-0.39, 0.29) is 17.4 Å². The van der Waals surface area contributed by atoms with Gasteiger partial charge in [-0.3, -0.25) is 9.98 Å². The van der Waals surface area contributed by atoms with E-state index in [1.54, 1.807) is 12.4 Å². The Hall–Kier alpha value is -4.98. The summed E-state index contributed by atoms with van der Waals surface area (Å²) in [6, 6.07) is 19.0. The Kier molecular flexibility index (Phi) is 10.6. The molecule has 8 heteroatoms. The SMILES string of the molecule is CCCCc1cc(C=Nc2cccc3cccc(N=Cc4cc(C(C)CCC)cc(/C=N/O)c4O)c23)c(O)c(/C=N/O)c1. The molecule has 43 heavy (non-hydrogen) atoms. The molecule has 4 aromatic carbocycles. The van der Waals surface area contributed by atoms with E-state index in [2.05, 4.69) is 31.1 Å². The molecule has 0 heterocycles. The van der Waals surface area contributed by atoms with Crippen LogP contribution in [0.3, 0.4) is 0 Å². The summed E-state index contributed by atoms with van der Waals surface area (Å²) < 4.78 is 0. The molecule has 0 aliphatic carbocycles. The number of benzene rings is 4. The summed E-state index contributed by atoms with van der Waals surface area (Å²) in [4.78, 5) is 9.53. The number of unbranched alkanes of at least 4 members (excludes halogenated alkanes) is 1. The van der Waals surface area contributed by atoms with Crippen LogP contribution in [-0.2, 0) is 6.42 Å². The second kappa shape index (κ2) is 14.8. The normalized spacial score (nSPS) is 12.9. The largest absolute Gasteiger partial charge is 0.507 e. The van der Waals surface area contributed by atoms with Gasteiger partial charge in [-0.05, 0) is 78.1 Å². The van der Waals surface area contributed by atoms with Gasteiger partial charge in [-0.2, -0.15) is 0 Å². The van der Waals surface area contributed by atoms with Crippen LogP contribution < -0.4 is 0 Å². The molecule has 0 aliphatic rings. The Balaban J connectivity index is 1.78. The first-order valence-corrected chi connectivity index (χ1v) is 14.6. The summed E-state index contributed by atoms with van der Waals surface area (Å²) in [6.45, 7) is 6.37. The molecule has 0 saturated carbocycles. The van der Waals surface area contributed by atoms with Gasteiger partial charge in [0.15, 0.2) is 0 Å². The number of phenols is 2. The zero-order chi connectivity index (χ0) is 30.8. The van der Waals surface area contributed by atoms with Crippen LogP contribution in [-0.4, -0.2) is 45.5 Å². The molecule has 1 atom stereocenters. The van der Waals surface area contributed by atoms with E-state index >= 15 is 0 Å². The van der Waals surface area contributed by atoms with Gasteiger partial charge in [0.1, 0.15) is 11.5 Å². The highest BCUT2D eigenvalue weighted by molar-refractivity contribution is 6.05. The number of aryl methyl sites for hydroxylation is 1. The minimum atomic E-state index is -0.0202. The molecule has 4 aromatic rings. The third-order valence-electron chi connectivity index (χ3n) is 7.47. The summed E-state index contributed by atoms with van der Waals surface area (Å²) in [5, 5.41) is 48.0. The summed E-state index contributed by atoms with van der Waals surface area (Å²) in [5.41, 5.74) is 5.21. The number of fused-ring (bicyclic) bond motifs is 1. The molecular weight excluding hydrogens is 540 g/mol. The highest BCUT2D eigenvalue weighted by Gasteiger charge is 2.13. The average Bonchev–Trinajstić information content (AvgIpc) is 3.01. The average molecular weight is 579 g/mol. The molecule has 0 spiro atoms. The second-order valence-electron chi connectivity index (χ2n) is 10.6. The monoisotopic (exact) mass is 578 g/mol. The first kappa shape index (κ1) is 31.0. The van der Waals surface area contributed by atoms with Gasteiger partial charge in [0.2, 0.25) is 0 Å². The maximum Gasteiger partial charge on any atom is 0.133 e. The molecule has 0 saturated heterocycles. The molecule has 1 unspecified atom stereocenters. The zero-order valence-corrected chi connectivity index (χ0v) is 24.8. The molecule has 0 fully saturated rings. The van der Waals surface area contributed by atoms with Crippen LogP contribution in [0.1, 0.15) is 85.8 Å². The van der Waals surface area contributed by atoms with E-state index in [0.717, 1.165) is 54.0 Å². The fraction of sp³-hybridized carbons (Fsp3) is 0.257. The summed E-state index contributed by atoms with van der Waals surface area (Å²) in [5.74, 6) is 0.214. The highest BCUT2D eigenvalue weighted by Crippen LogP contribution is 2.36. The molecule has 0 aliphatic heterocycles. The number of phenolic OH excluding ortho intramolecular Hbond substituents is 2. The molecule has 0 radical (unpaired) electrons. The predicted molar refractivity (Wildman–Crippen MR) is 175 cm³/mol. The van der Waals surface area contributed by atoms with Crippen molar-refractivity contribution in [1.82, 2.24) is 0 Å². The van der Waals surface area contributed by atoms with E-state index in [0.29, 0.717) is 33.6 Å². The number of rotatable bonds is 12. The third kappa shape index (κ3) is 7.46. The Morgan fingerprint density at radius 2 is 1.21 bits per heavy atom. The molecule has 4 rings (SSSR count). The van der Waals surface area contributed by atoms with Crippen LogP contribution in [0.2, 0.25) is 0 Å². The minimum Gasteiger partial charge on any atom is -0.507 e. The lowest BCUT2D eigenvalue weighted by atomic mass is 9.93. The molecule has 4 N–H and O–H groups in total. The second-order valence-corrected chi connectivity index (χ2v) is 10.6. The lowest BCUT2D eigenvalue weighted by Gasteiger charge is -2.14. The van der Waals surface area contributed by atoms with Crippen LogP contribution in [0.15, 0.2) is 81.0 Å². The molecule has 0 bridgehead atoms. The predicted octanol–water partition coefficient (Wildman–Crippen LogP) is 8.61. The topological polar surface area (TPSA) is 130 Å². The van der Waals surface area contributed by atoms with Gasteiger partial charge in [0.25, 0.3) is 0 Å². The fourth-order valence-corrected chi connectivity index (χ4v) is 5.17. The molecular formula is C35H38N4O4. The van der Waals surface area contributed by atoms with Gasteiger partial charge in [-0.1, -0.05) is 68.2 Å². The van der Waals surface area contributed by atoms with Crippen molar-refractivity contribution in [3.8, 4) is 11.5 Å². The van der Waals surface area contributed by atoms with E-state index in [4.69, 9.17) is 20.4 Å². The lowest BCUT2D eigenvalue weighted by Crippen LogP contribution is -1.98. The molecule has 0 amide bonds. The standard InChI is InChI=1S/C35H38N4O4/c1-4-6-10-24-15-27(34(40)28(16-24)21-38-42)19-36-31-13-7-11-25-12-8-14-32(33(25)31)37-20-29-17-26(23(3)9-5-2)18-30(22-39-43)35(29)41/h7-8,11-23,40-43H,4-6,9-10H2,1-3H3/b36-19?,37-20?,38-21+,39-22+. The Bertz CT molecular complexity index is 1690. The van der Waals surface area contributed by atoms with Crippen molar-refractivity contribution in [3.05, 3.63) is 94.0 Å². The first-order valence-electron chi connectivity index (χ1n) is 14.6. The number of oxime groups is 2. The highest BCUT2D eigenvalue weighted by atomic mass is 16.4. The van der Waals surface area contributed by atoms with Crippen LogP contribution in [0.25, 0.3) is 10.8 Å². The van der Waals surface area contributed by atoms with Crippen molar-refractivity contribution in [2.75, 3.05) is 0 Å². The number of hydrogen-bond acceptors (Lipinski definition) is 8. The van der Waals surface area contributed by atoms with Crippen LogP contribution in [0.5, 0.6) is 11.5 Å². The van der Waals surface area contributed by atoms with E-state index in [9.17, 15) is 10.2 Å². The smallest absolute Gasteiger partial charge is 0.133 e. The van der Waals surface area contributed by atoms with Crippen LogP contribution in [0.4, 0.5) is 11.4 Å². The summed E-state index contributed by atoms with van der Waals surface area (Å²) in [6.07, 6.45) is 10.5. The van der Waals surface area contributed by atoms with Crippen molar-refractivity contribution < 1.29 is 20.6 Å². The Labute approximate surface area is 252 Å².